The van der Waals surface area contributed by atoms with E-state index in [0.29, 0.717) is 30.1 Å². The van der Waals surface area contributed by atoms with Gasteiger partial charge in [0.05, 0.1) is 19.1 Å². The molecule has 0 saturated heterocycles. The molecule has 0 radical (unpaired) electrons. The number of benzene rings is 1. The van der Waals surface area contributed by atoms with Crippen LogP contribution in [0.25, 0.3) is 0 Å². The van der Waals surface area contributed by atoms with E-state index in [1.807, 2.05) is 13.8 Å². The summed E-state index contributed by atoms with van der Waals surface area (Å²) in [7, 11) is 1.28. The van der Waals surface area contributed by atoms with Crippen LogP contribution in [0.3, 0.4) is 0 Å². The maximum atomic E-state index is 14.7. The van der Waals surface area contributed by atoms with Crippen LogP contribution in [0.15, 0.2) is 24.5 Å². The van der Waals surface area contributed by atoms with Crippen LogP contribution in [0.1, 0.15) is 43.3 Å². The number of ether oxygens (including phenoxy) is 1. The van der Waals surface area contributed by atoms with Crippen molar-refractivity contribution in [2.24, 2.45) is 5.92 Å². The molecule has 1 aliphatic rings. The molecule has 3 rings (SSSR count). The van der Waals surface area contributed by atoms with Crippen molar-refractivity contribution in [1.29, 1.82) is 0 Å². The Morgan fingerprint density at radius 2 is 2.24 bits per heavy atom. The molecular formula is C20H24ClFN4O3. The van der Waals surface area contributed by atoms with E-state index in [2.05, 4.69) is 15.3 Å². The maximum Gasteiger partial charge on any atom is 0.328 e. The number of hydrogen-bond acceptors (Lipinski definition) is 4. The van der Waals surface area contributed by atoms with Gasteiger partial charge in [-0.2, -0.15) is 0 Å². The highest BCUT2D eigenvalue weighted by Crippen LogP contribution is 2.36. The molecule has 1 aromatic heterocycles. The first-order chi connectivity index (χ1) is 13.9. The number of aromatic amines is 1. The smallest absolute Gasteiger partial charge is 0.328 e. The quantitative estimate of drug-likeness (QED) is 0.722. The lowest BCUT2D eigenvalue weighted by Crippen LogP contribution is -2.53. The van der Waals surface area contributed by atoms with Crippen LogP contribution in [-0.2, 0) is 16.0 Å². The second-order valence-corrected chi connectivity index (χ2v) is 7.55. The minimum absolute atomic E-state index is 0.126. The lowest BCUT2D eigenvalue weighted by atomic mass is 9.95. The summed E-state index contributed by atoms with van der Waals surface area (Å²) in [6, 6.07) is 2.17. The number of rotatable bonds is 5. The van der Waals surface area contributed by atoms with Crippen LogP contribution < -0.4 is 5.32 Å². The molecule has 0 bridgehead atoms. The average Bonchev–Trinajstić information content (AvgIpc) is 3.20. The Labute approximate surface area is 173 Å². The summed E-state index contributed by atoms with van der Waals surface area (Å²) in [6.45, 7) is 4.11. The fraction of sp³-hybridized carbons (Fsp3) is 0.450. The largest absolute Gasteiger partial charge is 0.467 e. The van der Waals surface area contributed by atoms with Crippen molar-refractivity contribution in [2.45, 2.75) is 38.8 Å². The van der Waals surface area contributed by atoms with Gasteiger partial charge in [-0.25, -0.2) is 19.0 Å². The van der Waals surface area contributed by atoms with Crippen molar-refractivity contribution in [3.8, 4) is 0 Å². The summed E-state index contributed by atoms with van der Waals surface area (Å²) in [6.07, 6.45) is 2.74. The zero-order valence-corrected chi connectivity index (χ0v) is 17.3. The van der Waals surface area contributed by atoms with Crippen LogP contribution in [-0.4, -0.2) is 46.6 Å². The van der Waals surface area contributed by atoms with E-state index in [0.717, 1.165) is 5.69 Å². The number of fused-ring (bicyclic) bond motifs is 1. The lowest BCUT2D eigenvalue weighted by Gasteiger charge is -2.36. The van der Waals surface area contributed by atoms with Gasteiger partial charge in [0.15, 0.2) is 0 Å². The van der Waals surface area contributed by atoms with Crippen LogP contribution in [0, 0.1) is 11.7 Å². The first-order valence-electron chi connectivity index (χ1n) is 9.49. The highest BCUT2D eigenvalue weighted by Gasteiger charge is 2.38. The number of amides is 2. The molecule has 2 amide bonds. The summed E-state index contributed by atoms with van der Waals surface area (Å²) in [5, 5.41) is 3.12. The Kier molecular flexibility index (Phi) is 6.42. The maximum absolute atomic E-state index is 14.7. The van der Waals surface area contributed by atoms with Gasteiger partial charge < -0.3 is 19.9 Å². The van der Waals surface area contributed by atoms with E-state index in [4.69, 9.17) is 16.3 Å². The van der Waals surface area contributed by atoms with E-state index >= 15 is 0 Å². The van der Waals surface area contributed by atoms with Gasteiger partial charge in [-0.3, -0.25) is 0 Å². The topological polar surface area (TPSA) is 87.3 Å². The number of H-pyrrole nitrogens is 1. The number of esters is 1. The van der Waals surface area contributed by atoms with Gasteiger partial charge in [-0.05, 0) is 24.1 Å². The Balaban J connectivity index is 1.97. The Bertz CT molecular complexity index is 904. The minimum atomic E-state index is -0.803. The first-order valence-corrected chi connectivity index (χ1v) is 9.87. The summed E-state index contributed by atoms with van der Waals surface area (Å²) >= 11 is 6.09. The normalized spacial score (nSPS) is 18.0. The molecule has 1 aromatic carbocycles. The molecule has 0 unspecified atom stereocenters. The number of urea groups is 1. The van der Waals surface area contributed by atoms with Crippen LogP contribution in [0.2, 0.25) is 5.02 Å². The Morgan fingerprint density at radius 3 is 2.93 bits per heavy atom. The average molecular weight is 423 g/mol. The number of hydrogen-bond donors (Lipinski definition) is 2. The van der Waals surface area contributed by atoms with Gasteiger partial charge in [-0.15, -0.1) is 0 Å². The van der Waals surface area contributed by atoms with E-state index in [-0.39, 0.29) is 11.5 Å². The van der Waals surface area contributed by atoms with Crippen molar-refractivity contribution >= 4 is 23.6 Å². The zero-order valence-electron chi connectivity index (χ0n) is 16.5. The third-order valence-corrected chi connectivity index (χ3v) is 5.62. The third-order valence-electron chi connectivity index (χ3n) is 5.39. The number of aromatic nitrogens is 2. The molecule has 9 heteroatoms. The SMILES string of the molecule is CC[C@@H](C)[C@H](NC(=O)N1CCc2[nH]cnc2[C@@H]1c1cc(Cl)ccc1F)C(=O)OC. The van der Waals surface area contributed by atoms with E-state index < -0.39 is 29.9 Å². The highest BCUT2D eigenvalue weighted by atomic mass is 35.5. The van der Waals surface area contributed by atoms with Gasteiger partial charge in [0.25, 0.3) is 0 Å². The van der Waals surface area contributed by atoms with Gasteiger partial charge in [0.1, 0.15) is 17.9 Å². The third kappa shape index (κ3) is 4.22. The van der Waals surface area contributed by atoms with Gasteiger partial charge in [0.2, 0.25) is 0 Å². The Hall–Kier alpha value is -2.61. The number of carbonyl (C=O) groups excluding carboxylic acids is 2. The van der Waals surface area contributed by atoms with Crippen molar-refractivity contribution in [3.05, 3.63) is 52.3 Å². The molecular weight excluding hydrogens is 399 g/mol. The standard InChI is InChI=1S/C20H24ClFN4O3/c1-4-11(2)16(19(27)29-3)25-20(28)26-8-7-15-17(24-10-23-15)18(26)13-9-12(21)5-6-14(13)22/h5-6,9-11,16,18H,4,7-8H2,1-3H3,(H,23,24)(H,25,28)/t11-,16+,18+/m1/s1. The summed E-state index contributed by atoms with van der Waals surface area (Å²) in [4.78, 5) is 34.2. The molecule has 3 atom stereocenters. The van der Waals surface area contributed by atoms with Crippen LogP contribution in [0.4, 0.5) is 9.18 Å². The number of carbonyl (C=O) groups is 2. The van der Waals surface area contributed by atoms with Crippen molar-refractivity contribution in [1.82, 2.24) is 20.2 Å². The van der Waals surface area contributed by atoms with Crippen LogP contribution in [0.5, 0.6) is 0 Å². The molecule has 0 aliphatic carbocycles. The fourth-order valence-corrected chi connectivity index (χ4v) is 3.73. The number of halogens is 2. The molecule has 29 heavy (non-hydrogen) atoms. The van der Waals surface area contributed by atoms with Gasteiger partial charge in [-0.1, -0.05) is 31.9 Å². The van der Waals surface area contributed by atoms with E-state index in [1.54, 1.807) is 0 Å². The molecule has 2 N–H and O–H groups in total. The summed E-state index contributed by atoms with van der Waals surface area (Å²) < 4.78 is 19.5. The van der Waals surface area contributed by atoms with Crippen molar-refractivity contribution in [2.75, 3.05) is 13.7 Å². The molecule has 1 aliphatic heterocycles. The van der Waals surface area contributed by atoms with Crippen molar-refractivity contribution < 1.29 is 18.7 Å². The van der Waals surface area contributed by atoms with E-state index in [1.165, 1.54) is 36.5 Å². The molecule has 2 aromatic rings. The summed E-state index contributed by atoms with van der Waals surface area (Å²) in [5.74, 6) is -1.13. The number of imidazole rings is 1. The Morgan fingerprint density at radius 1 is 1.48 bits per heavy atom. The predicted molar refractivity (Wildman–Crippen MR) is 106 cm³/mol. The van der Waals surface area contributed by atoms with Crippen LogP contribution >= 0.6 is 11.6 Å². The van der Waals surface area contributed by atoms with Gasteiger partial charge in [0, 0.05) is 29.2 Å². The number of nitrogens with one attached hydrogen (secondary N) is 2. The first kappa shape index (κ1) is 21.1. The fourth-order valence-electron chi connectivity index (χ4n) is 3.55. The highest BCUT2D eigenvalue weighted by molar-refractivity contribution is 6.30. The molecule has 156 valence electrons. The molecule has 0 fully saturated rings. The monoisotopic (exact) mass is 422 g/mol. The number of nitrogens with zero attached hydrogens (tertiary/aromatic N) is 2. The zero-order chi connectivity index (χ0) is 21.1. The second-order valence-electron chi connectivity index (χ2n) is 7.11. The molecule has 0 spiro atoms. The lowest BCUT2D eigenvalue weighted by molar-refractivity contribution is -0.144. The molecule has 7 nitrogen and oxygen atoms in total. The minimum Gasteiger partial charge on any atom is -0.467 e. The van der Waals surface area contributed by atoms with E-state index in [9.17, 15) is 14.0 Å². The number of methoxy groups -OCH3 is 1. The molecule has 0 saturated carbocycles. The second kappa shape index (κ2) is 8.82. The molecule has 2 heterocycles. The predicted octanol–water partition coefficient (Wildman–Crippen LogP) is 3.45. The van der Waals surface area contributed by atoms with Crippen molar-refractivity contribution in [3.63, 3.8) is 0 Å². The van der Waals surface area contributed by atoms with Gasteiger partial charge >= 0.3 is 12.0 Å². The summed E-state index contributed by atoms with van der Waals surface area (Å²) in [5.41, 5.74) is 1.65.